The molecular formula is C20H27N5O3S. The fourth-order valence-electron chi connectivity index (χ4n) is 3.66. The first kappa shape index (κ1) is 20.2. The number of rotatable bonds is 5. The Kier molecular flexibility index (Phi) is 6.37. The summed E-state index contributed by atoms with van der Waals surface area (Å²) < 4.78 is 13.5. The highest BCUT2D eigenvalue weighted by Gasteiger charge is 2.32. The molecule has 156 valence electrons. The minimum atomic E-state index is -0.0953. The van der Waals surface area contributed by atoms with Crippen LogP contribution in [0.3, 0.4) is 0 Å². The normalized spacial score (nSPS) is 23.2. The number of anilines is 1. The fourth-order valence-corrected chi connectivity index (χ4v) is 4.56. The molecule has 0 saturated carbocycles. The number of hydrogen-bond acceptors (Lipinski definition) is 6. The number of thioether (sulfide) groups is 1. The molecule has 2 aliphatic heterocycles. The van der Waals surface area contributed by atoms with Gasteiger partial charge in [0.05, 0.1) is 19.3 Å². The van der Waals surface area contributed by atoms with Crippen molar-refractivity contribution in [3.05, 3.63) is 36.2 Å². The number of hydrogen-bond donors (Lipinski definition) is 1. The van der Waals surface area contributed by atoms with Crippen LogP contribution in [0.2, 0.25) is 0 Å². The molecule has 0 aliphatic carbocycles. The van der Waals surface area contributed by atoms with Gasteiger partial charge in [-0.1, -0.05) is 23.9 Å². The van der Waals surface area contributed by atoms with Gasteiger partial charge in [0.15, 0.2) is 5.16 Å². The van der Waals surface area contributed by atoms with Gasteiger partial charge in [-0.05, 0) is 37.5 Å². The predicted octanol–water partition coefficient (Wildman–Crippen LogP) is 3.08. The highest BCUT2D eigenvalue weighted by molar-refractivity contribution is 7.99. The standard InChI is InChI=1S/C20H27N5O3S/c1-14(29-20-23-21-13-24(20)2)15-5-3-6-16(11-15)22-19(26)25-8-10-28-18(12-25)17-7-4-9-27-17/h3,5-6,11,13-14,17-18H,4,7-10,12H2,1-2H3,(H,22,26)/t14-,17+,18+/m0/s1. The highest BCUT2D eigenvalue weighted by atomic mass is 32.2. The third kappa shape index (κ3) is 4.91. The summed E-state index contributed by atoms with van der Waals surface area (Å²) in [7, 11) is 1.93. The molecule has 2 amide bonds. The Labute approximate surface area is 175 Å². The summed E-state index contributed by atoms with van der Waals surface area (Å²) in [5.41, 5.74) is 1.91. The lowest BCUT2D eigenvalue weighted by atomic mass is 10.1. The minimum absolute atomic E-state index is 0.0360. The lowest BCUT2D eigenvalue weighted by Gasteiger charge is -2.35. The van der Waals surface area contributed by atoms with Gasteiger partial charge >= 0.3 is 6.03 Å². The number of urea groups is 1. The zero-order chi connectivity index (χ0) is 20.2. The number of nitrogens with zero attached hydrogens (tertiary/aromatic N) is 4. The van der Waals surface area contributed by atoms with Gasteiger partial charge in [-0.2, -0.15) is 0 Å². The van der Waals surface area contributed by atoms with Crippen molar-refractivity contribution in [2.45, 2.75) is 42.4 Å². The number of benzene rings is 1. The SMILES string of the molecule is C[C@H](Sc1nncn1C)c1cccc(NC(=O)N2CCO[C@@H]([C@H]3CCCO3)C2)c1. The Morgan fingerprint density at radius 3 is 2.93 bits per heavy atom. The van der Waals surface area contributed by atoms with E-state index in [-0.39, 0.29) is 23.5 Å². The van der Waals surface area contributed by atoms with Gasteiger partial charge in [-0.25, -0.2) is 4.79 Å². The van der Waals surface area contributed by atoms with Gasteiger partial charge in [0, 0.05) is 31.1 Å². The van der Waals surface area contributed by atoms with Crippen molar-refractivity contribution >= 4 is 23.5 Å². The van der Waals surface area contributed by atoms with Gasteiger partial charge in [-0.15, -0.1) is 10.2 Å². The quantitative estimate of drug-likeness (QED) is 0.753. The Hall–Kier alpha value is -2.10. The second kappa shape index (κ2) is 9.15. The van der Waals surface area contributed by atoms with E-state index >= 15 is 0 Å². The van der Waals surface area contributed by atoms with Crippen molar-refractivity contribution in [1.29, 1.82) is 0 Å². The fraction of sp³-hybridized carbons (Fsp3) is 0.550. The third-order valence-electron chi connectivity index (χ3n) is 5.32. The molecule has 8 nitrogen and oxygen atoms in total. The van der Waals surface area contributed by atoms with Crippen molar-refractivity contribution in [3.8, 4) is 0 Å². The van der Waals surface area contributed by atoms with Crippen LogP contribution in [0.1, 0.15) is 30.6 Å². The molecule has 9 heteroatoms. The van der Waals surface area contributed by atoms with Crippen LogP contribution in [0.4, 0.5) is 10.5 Å². The number of morpholine rings is 1. The van der Waals surface area contributed by atoms with Crippen LogP contribution in [0, 0.1) is 0 Å². The Morgan fingerprint density at radius 1 is 1.31 bits per heavy atom. The summed E-state index contributed by atoms with van der Waals surface area (Å²) in [5, 5.41) is 12.1. The van der Waals surface area contributed by atoms with Crippen LogP contribution in [0.5, 0.6) is 0 Å². The maximum Gasteiger partial charge on any atom is 0.322 e. The highest BCUT2D eigenvalue weighted by Crippen LogP contribution is 2.34. The van der Waals surface area contributed by atoms with Crippen LogP contribution in [0.15, 0.2) is 35.7 Å². The molecule has 2 saturated heterocycles. The maximum absolute atomic E-state index is 12.8. The van der Waals surface area contributed by atoms with Crippen LogP contribution < -0.4 is 5.32 Å². The second-order valence-electron chi connectivity index (χ2n) is 7.45. The van der Waals surface area contributed by atoms with Crippen LogP contribution in [0.25, 0.3) is 0 Å². The summed E-state index contributed by atoms with van der Waals surface area (Å²) >= 11 is 1.64. The van der Waals surface area contributed by atoms with E-state index in [4.69, 9.17) is 9.47 Å². The lowest BCUT2D eigenvalue weighted by molar-refractivity contribution is -0.0839. The van der Waals surface area contributed by atoms with E-state index in [0.29, 0.717) is 19.7 Å². The monoisotopic (exact) mass is 417 g/mol. The maximum atomic E-state index is 12.8. The van der Waals surface area contributed by atoms with Crippen molar-refractivity contribution in [1.82, 2.24) is 19.7 Å². The van der Waals surface area contributed by atoms with Crippen molar-refractivity contribution in [2.24, 2.45) is 7.05 Å². The number of ether oxygens (including phenoxy) is 2. The van der Waals surface area contributed by atoms with Crippen LogP contribution in [-0.2, 0) is 16.5 Å². The lowest BCUT2D eigenvalue weighted by Crippen LogP contribution is -2.51. The van der Waals surface area contributed by atoms with Crippen molar-refractivity contribution in [2.75, 3.05) is 31.6 Å². The molecule has 0 spiro atoms. The minimum Gasteiger partial charge on any atom is -0.375 e. The Bertz CT molecular complexity index is 839. The first-order valence-electron chi connectivity index (χ1n) is 10.00. The molecule has 3 atom stereocenters. The van der Waals surface area contributed by atoms with Gasteiger partial charge in [0.25, 0.3) is 0 Å². The number of nitrogens with one attached hydrogen (secondary N) is 1. The largest absolute Gasteiger partial charge is 0.375 e. The van der Waals surface area contributed by atoms with E-state index in [0.717, 1.165) is 35.9 Å². The van der Waals surface area contributed by atoms with E-state index in [1.807, 2.05) is 34.7 Å². The van der Waals surface area contributed by atoms with E-state index in [2.05, 4.69) is 28.5 Å². The average Bonchev–Trinajstić information content (AvgIpc) is 3.41. The van der Waals surface area contributed by atoms with Gasteiger partial charge in [-0.3, -0.25) is 0 Å². The molecule has 1 aromatic carbocycles. The molecule has 2 aliphatic rings. The van der Waals surface area contributed by atoms with Gasteiger partial charge in [0.1, 0.15) is 12.4 Å². The molecule has 2 fully saturated rings. The molecule has 0 unspecified atom stereocenters. The first-order valence-corrected chi connectivity index (χ1v) is 10.9. The average molecular weight is 418 g/mol. The number of aryl methyl sites for hydroxylation is 1. The molecule has 1 N–H and O–H groups in total. The summed E-state index contributed by atoms with van der Waals surface area (Å²) in [5.74, 6) is 0. The zero-order valence-corrected chi connectivity index (χ0v) is 17.6. The molecule has 1 aromatic heterocycles. The van der Waals surface area contributed by atoms with Gasteiger partial charge < -0.3 is 24.3 Å². The summed E-state index contributed by atoms with van der Waals surface area (Å²) in [6.45, 7) is 4.60. The van der Waals surface area contributed by atoms with Crippen molar-refractivity contribution < 1.29 is 14.3 Å². The third-order valence-corrected chi connectivity index (χ3v) is 6.53. The number of amides is 2. The molecular weight excluding hydrogens is 390 g/mol. The van der Waals surface area contributed by atoms with Gasteiger partial charge in [0.2, 0.25) is 0 Å². The zero-order valence-electron chi connectivity index (χ0n) is 16.8. The Morgan fingerprint density at radius 2 is 2.17 bits per heavy atom. The van der Waals surface area contributed by atoms with E-state index in [9.17, 15) is 4.79 Å². The van der Waals surface area contributed by atoms with E-state index in [1.165, 1.54) is 0 Å². The second-order valence-corrected chi connectivity index (χ2v) is 8.75. The number of carbonyl (C=O) groups is 1. The first-order chi connectivity index (χ1) is 14.1. The number of aromatic nitrogens is 3. The molecule has 2 aromatic rings. The molecule has 3 heterocycles. The summed E-state index contributed by atoms with van der Waals surface area (Å²) in [6, 6.07) is 7.87. The predicted molar refractivity (Wildman–Crippen MR) is 111 cm³/mol. The topological polar surface area (TPSA) is 81.5 Å². The smallest absolute Gasteiger partial charge is 0.322 e. The molecule has 29 heavy (non-hydrogen) atoms. The summed E-state index contributed by atoms with van der Waals surface area (Å²) in [4.78, 5) is 14.6. The molecule has 0 radical (unpaired) electrons. The molecule has 0 bridgehead atoms. The van der Waals surface area contributed by atoms with E-state index < -0.39 is 0 Å². The van der Waals surface area contributed by atoms with Crippen LogP contribution in [-0.4, -0.2) is 64.2 Å². The molecule has 4 rings (SSSR count). The Balaban J connectivity index is 1.37. The number of carbonyl (C=O) groups excluding carboxylic acids is 1. The van der Waals surface area contributed by atoms with Crippen LogP contribution >= 0.6 is 11.8 Å². The van der Waals surface area contributed by atoms with Crippen molar-refractivity contribution in [3.63, 3.8) is 0 Å². The van der Waals surface area contributed by atoms with E-state index in [1.54, 1.807) is 18.1 Å². The summed E-state index contributed by atoms with van der Waals surface area (Å²) in [6.07, 6.45) is 3.83.